The average molecular weight is 480 g/mol. The van der Waals surface area contributed by atoms with Crippen LogP contribution >= 0.6 is 11.3 Å². The van der Waals surface area contributed by atoms with Crippen LogP contribution < -0.4 is 9.47 Å². The quantitative estimate of drug-likeness (QED) is 0.406. The number of benzene rings is 2. The van der Waals surface area contributed by atoms with Gasteiger partial charge in [0.2, 0.25) is 0 Å². The third-order valence-electron chi connectivity index (χ3n) is 6.35. The van der Waals surface area contributed by atoms with Crippen LogP contribution in [0.3, 0.4) is 0 Å². The highest BCUT2D eigenvalue weighted by Gasteiger charge is 2.20. The number of hydrogen-bond donors (Lipinski definition) is 0. The Balaban J connectivity index is 1.44. The van der Waals surface area contributed by atoms with Crippen LogP contribution in [0.5, 0.6) is 11.5 Å². The molecule has 0 radical (unpaired) electrons. The second-order valence-electron chi connectivity index (χ2n) is 8.73. The Morgan fingerprint density at radius 2 is 1.94 bits per heavy atom. The van der Waals surface area contributed by atoms with Gasteiger partial charge in [0.1, 0.15) is 23.1 Å². The van der Waals surface area contributed by atoms with Crippen molar-refractivity contribution in [2.24, 2.45) is 0 Å². The van der Waals surface area contributed by atoms with Crippen molar-refractivity contribution in [3.8, 4) is 11.5 Å². The first-order valence-electron chi connectivity index (χ1n) is 11.8. The Bertz CT molecular complexity index is 1110. The molecule has 6 nitrogen and oxygen atoms in total. The van der Waals surface area contributed by atoms with Crippen molar-refractivity contribution in [3.05, 3.63) is 75.2 Å². The molecule has 4 rings (SSSR count). The van der Waals surface area contributed by atoms with Crippen molar-refractivity contribution in [3.63, 3.8) is 0 Å². The Kier molecular flexibility index (Phi) is 8.19. The molecule has 2 heterocycles. The van der Waals surface area contributed by atoms with Crippen LogP contribution in [0, 0.1) is 13.8 Å². The topological polar surface area (TPSA) is 54.9 Å². The van der Waals surface area contributed by atoms with Gasteiger partial charge in [-0.25, -0.2) is 4.98 Å². The molecule has 1 amide bonds. The van der Waals surface area contributed by atoms with E-state index in [1.807, 2.05) is 40.6 Å². The summed E-state index contributed by atoms with van der Waals surface area (Å²) in [5.41, 5.74) is 3.88. The van der Waals surface area contributed by atoms with Gasteiger partial charge in [0.05, 0.1) is 19.3 Å². The summed E-state index contributed by atoms with van der Waals surface area (Å²) in [6, 6.07) is 13.4. The van der Waals surface area contributed by atoms with E-state index < -0.39 is 0 Å². The van der Waals surface area contributed by atoms with E-state index in [0.29, 0.717) is 31.0 Å². The standard InChI is InChI=1S/C27H33N3O3S/c1-20-8-6-11-25(21(20)2)33-18-26-28-23(19-34-26)17-30(15-14-29-12-4-5-13-29)27(31)22-9-7-10-24(16-22)32-3/h6-11,16,19H,4-5,12-15,17-18H2,1-3H3. The number of hydrogen-bond acceptors (Lipinski definition) is 6. The SMILES string of the molecule is COc1cccc(C(=O)N(CCN2CCCC2)Cc2csc(COc3cccc(C)c3C)n2)c1. The second-order valence-corrected chi connectivity index (χ2v) is 9.67. The third-order valence-corrected chi connectivity index (χ3v) is 7.22. The molecule has 1 aromatic heterocycles. The van der Waals surface area contributed by atoms with E-state index in [9.17, 15) is 4.79 Å². The molecule has 0 N–H and O–H groups in total. The summed E-state index contributed by atoms with van der Waals surface area (Å²) in [6.07, 6.45) is 2.47. The summed E-state index contributed by atoms with van der Waals surface area (Å²) < 4.78 is 11.3. The van der Waals surface area contributed by atoms with Gasteiger partial charge in [-0.3, -0.25) is 4.79 Å². The van der Waals surface area contributed by atoms with E-state index in [-0.39, 0.29) is 5.91 Å². The number of amides is 1. The number of ether oxygens (including phenoxy) is 2. The predicted molar refractivity (Wildman–Crippen MR) is 136 cm³/mol. The molecule has 0 saturated carbocycles. The molecule has 180 valence electrons. The highest BCUT2D eigenvalue weighted by molar-refractivity contribution is 7.09. The zero-order valence-corrected chi connectivity index (χ0v) is 21.1. The first kappa shape index (κ1) is 24.2. The molecule has 7 heteroatoms. The number of carbonyl (C=O) groups is 1. The zero-order chi connectivity index (χ0) is 23.9. The van der Waals surface area contributed by atoms with Gasteiger partial charge >= 0.3 is 0 Å². The summed E-state index contributed by atoms with van der Waals surface area (Å²) >= 11 is 1.57. The highest BCUT2D eigenvalue weighted by atomic mass is 32.1. The number of aromatic nitrogens is 1. The van der Waals surface area contributed by atoms with Crippen molar-refractivity contribution in [1.82, 2.24) is 14.8 Å². The molecule has 0 aliphatic carbocycles. The molecule has 0 spiro atoms. The zero-order valence-electron chi connectivity index (χ0n) is 20.3. The largest absolute Gasteiger partial charge is 0.497 e. The Labute approximate surface area is 206 Å². The van der Waals surface area contributed by atoms with Crippen molar-refractivity contribution in [2.45, 2.75) is 39.8 Å². The summed E-state index contributed by atoms with van der Waals surface area (Å²) in [6.45, 7) is 8.82. The lowest BCUT2D eigenvalue weighted by Crippen LogP contribution is -2.37. The summed E-state index contributed by atoms with van der Waals surface area (Å²) in [7, 11) is 1.62. The summed E-state index contributed by atoms with van der Waals surface area (Å²) in [5.74, 6) is 1.57. The lowest BCUT2D eigenvalue weighted by molar-refractivity contribution is 0.0724. The van der Waals surface area contributed by atoms with Crippen molar-refractivity contribution in [2.75, 3.05) is 33.3 Å². The molecule has 1 fully saturated rings. The highest BCUT2D eigenvalue weighted by Crippen LogP contribution is 2.23. The smallest absolute Gasteiger partial charge is 0.254 e. The number of carbonyl (C=O) groups excluding carboxylic acids is 1. The van der Waals surface area contributed by atoms with Crippen molar-refractivity contribution >= 4 is 17.2 Å². The maximum absolute atomic E-state index is 13.4. The molecule has 34 heavy (non-hydrogen) atoms. The van der Waals surface area contributed by atoms with Gasteiger partial charge in [0, 0.05) is 24.0 Å². The molecule has 1 saturated heterocycles. The number of thiazole rings is 1. The minimum atomic E-state index is -0.000664. The molecule has 1 aliphatic rings. The lowest BCUT2D eigenvalue weighted by atomic mass is 10.1. The van der Waals surface area contributed by atoms with Crippen LogP contribution in [0.25, 0.3) is 0 Å². The van der Waals surface area contributed by atoms with Gasteiger partial charge in [-0.15, -0.1) is 11.3 Å². The van der Waals surface area contributed by atoms with Gasteiger partial charge in [-0.1, -0.05) is 18.2 Å². The van der Waals surface area contributed by atoms with Crippen LogP contribution in [0.4, 0.5) is 0 Å². The van der Waals surface area contributed by atoms with Crippen LogP contribution in [0.2, 0.25) is 0 Å². The normalized spacial score (nSPS) is 13.7. The first-order chi connectivity index (χ1) is 16.5. The molecule has 0 atom stereocenters. The second kappa shape index (κ2) is 11.5. The van der Waals surface area contributed by atoms with Crippen molar-refractivity contribution < 1.29 is 14.3 Å². The Morgan fingerprint density at radius 3 is 2.74 bits per heavy atom. The number of aryl methyl sites for hydroxylation is 1. The molecule has 0 bridgehead atoms. The van der Waals surface area contributed by atoms with Crippen LogP contribution in [-0.4, -0.2) is 54.0 Å². The van der Waals surface area contributed by atoms with Crippen LogP contribution in [0.1, 0.15) is 45.0 Å². The Hall–Kier alpha value is -2.90. The fourth-order valence-electron chi connectivity index (χ4n) is 4.16. The third kappa shape index (κ3) is 6.15. The monoisotopic (exact) mass is 479 g/mol. The predicted octanol–water partition coefficient (Wildman–Crippen LogP) is 5.09. The van der Waals surface area contributed by atoms with Gasteiger partial charge in [0.15, 0.2) is 0 Å². The fourth-order valence-corrected chi connectivity index (χ4v) is 4.86. The Morgan fingerprint density at radius 1 is 1.15 bits per heavy atom. The van der Waals surface area contributed by atoms with Gasteiger partial charge in [-0.2, -0.15) is 0 Å². The average Bonchev–Trinajstić information content (AvgIpc) is 3.54. The number of methoxy groups -OCH3 is 1. The van der Waals surface area contributed by atoms with E-state index in [0.717, 1.165) is 41.6 Å². The van der Waals surface area contributed by atoms with Crippen LogP contribution in [0.15, 0.2) is 47.8 Å². The molecule has 3 aromatic rings. The van der Waals surface area contributed by atoms with E-state index >= 15 is 0 Å². The van der Waals surface area contributed by atoms with E-state index in [4.69, 9.17) is 14.5 Å². The number of likely N-dealkylation sites (tertiary alicyclic amines) is 1. The summed E-state index contributed by atoms with van der Waals surface area (Å²) in [5, 5.41) is 2.94. The van der Waals surface area contributed by atoms with Gasteiger partial charge in [0.25, 0.3) is 5.91 Å². The maximum Gasteiger partial charge on any atom is 0.254 e. The maximum atomic E-state index is 13.4. The van der Waals surface area contributed by atoms with Crippen molar-refractivity contribution in [1.29, 1.82) is 0 Å². The molecule has 2 aromatic carbocycles. The van der Waals surface area contributed by atoms with E-state index in [1.165, 1.54) is 18.4 Å². The lowest BCUT2D eigenvalue weighted by Gasteiger charge is -2.25. The molecular weight excluding hydrogens is 446 g/mol. The first-order valence-corrected chi connectivity index (χ1v) is 12.7. The minimum absolute atomic E-state index is 0.000664. The minimum Gasteiger partial charge on any atom is -0.497 e. The van der Waals surface area contributed by atoms with Gasteiger partial charge < -0.3 is 19.3 Å². The molecule has 0 unspecified atom stereocenters. The fraction of sp³-hybridized carbons (Fsp3) is 0.407. The van der Waals surface area contributed by atoms with E-state index in [1.54, 1.807) is 24.5 Å². The summed E-state index contributed by atoms with van der Waals surface area (Å²) in [4.78, 5) is 22.5. The van der Waals surface area contributed by atoms with E-state index in [2.05, 4.69) is 24.8 Å². The number of nitrogens with zero attached hydrogens (tertiary/aromatic N) is 3. The molecular formula is C27H33N3O3S. The number of rotatable bonds is 10. The van der Waals surface area contributed by atoms with Crippen LogP contribution in [-0.2, 0) is 13.2 Å². The molecule has 1 aliphatic heterocycles. The van der Waals surface area contributed by atoms with Gasteiger partial charge in [-0.05, 0) is 75.2 Å².